The van der Waals surface area contributed by atoms with Crippen molar-refractivity contribution in [3.63, 3.8) is 0 Å². The van der Waals surface area contributed by atoms with Gasteiger partial charge in [0, 0.05) is 23.7 Å². The molecule has 0 aliphatic heterocycles. The number of carbonyl (C=O) groups is 1. The zero-order chi connectivity index (χ0) is 25.0. The van der Waals surface area contributed by atoms with Gasteiger partial charge in [-0.2, -0.15) is 13.2 Å². The van der Waals surface area contributed by atoms with Crippen LogP contribution >= 0.6 is 0 Å². The summed E-state index contributed by atoms with van der Waals surface area (Å²) in [5.74, 6) is -0.855. The van der Waals surface area contributed by atoms with Crippen molar-refractivity contribution in [1.82, 2.24) is 10.2 Å². The van der Waals surface area contributed by atoms with Gasteiger partial charge in [0.05, 0.1) is 5.56 Å². The standard InChI is InChI=1S/C24H25F3N4O4/c25-24(26,27)18-11-8-16(21-30-31-23(33)35-21)13-19(18)29-17-9-6-15(7-10-17)20(34-22(28)32)12-14-4-2-1-3-5-14/h1-5,8,11,13,15,17,20,29H,6-7,9-10,12H2,(H2,28,32)(H,31,33). The van der Waals surface area contributed by atoms with Crippen molar-refractivity contribution < 1.29 is 27.1 Å². The van der Waals surface area contributed by atoms with Gasteiger partial charge in [0.25, 0.3) is 0 Å². The van der Waals surface area contributed by atoms with E-state index in [9.17, 15) is 22.8 Å². The van der Waals surface area contributed by atoms with Crippen LogP contribution in [-0.2, 0) is 17.3 Å². The number of nitrogens with two attached hydrogens (primary N) is 1. The average Bonchev–Trinajstić information content (AvgIpc) is 3.25. The Kier molecular flexibility index (Phi) is 7.13. The molecule has 1 aromatic heterocycles. The normalized spacial score (nSPS) is 19.2. The molecule has 186 valence electrons. The van der Waals surface area contributed by atoms with Crippen LogP contribution in [0.15, 0.2) is 57.7 Å². The molecule has 1 saturated carbocycles. The third kappa shape index (κ3) is 6.23. The second kappa shape index (κ2) is 10.2. The molecule has 1 fully saturated rings. The van der Waals surface area contributed by atoms with Crippen LogP contribution < -0.4 is 16.8 Å². The Bertz CT molecular complexity index is 1200. The number of benzene rings is 2. The number of alkyl halides is 3. The second-order valence-electron chi connectivity index (χ2n) is 8.60. The summed E-state index contributed by atoms with van der Waals surface area (Å²) in [7, 11) is 0. The molecule has 0 saturated heterocycles. The highest BCUT2D eigenvalue weighted by atomic mass is 19.4. The first-order valence-electron chi connectivity index (χ1n) is 11.2. The number of aromatic nitrogens is 2. The van der Waals surface area contributed by atoms with E-state index >= 15 is 0 Å². The lowest BCUT2D eigenvalue weighted by Gasteiger charge is -2.34. The molecule has 1 atom stereocenters. The maximum atomic E-state index is 13.6. The van der Waals surface area contributed by atoms with Crippen LogP contribution in [0, 0.1) is 5.92 Å². The number of halogens is 3. The third-order valence-electron chi connectivity index (χ3n) is 6.21. The molecule has 1 heterocycles. The summed E-state index contributed by atoms with van der Waals surface area (Å²) >= 11 is 0. The number of ether oxygens (including phenoxy) is 1. The summed E-state index contributed by atoms with van der Waals surface area (Å²) in [4.78, 5) is 22.7. The fourth-order valence-electron chi connectivity index (χ4n) is 4.55. The van der Waals surface area contributed by atoms with Crippen LogP contribution in [0.1, 0.15) is 36.8 Å². The zero-order valence-electron chi connectivity index (χ0n) is 18.7. The molecule has 0 radical (unpaired) electrons. The van der Waals surface area contributed by atoms with Crippen molar-refractivity contribution in [3.8, 4) is 11.5 Å². The minimum Gasteiger partial charge on any atom is -0.446 e. The molecule has 3 aromatic rings. The summed E-state index contributed by atoms with van der Waals surface area (Å²) in [6.07, 6.45) is -2.85. The van der Waals surface area contributed by atoms with Crippen LogP contribution in [-0.4, -0.2) is 28.4 Å². The molecule has 1 unspecified atom stereocenters. The van der Waals surface area contributed by atoms with Crippen molar-refractivity contribution >= 4 is 11.8 Å². The molecule has 0 spiro atoms. The van der Waals surface area contributed by atoms with E-state index in [0.29, 0.717) is 32.1 Å². The maximum absolute atomic E-state index is 13.6. The Morgan fingerprint density at radius 3 is 2.49 bits per heavy atom. The van der Waals surface area contributed by atoms with Gasteiger partial charge in [0.1, 0.15) is 6.10 Å². The van der Waals surface area contributed by atoms with E-state index in [1.807, 2.05) is 30.3 Å². The van der Waals surface area contributed by atoms with Crippen molar-refractivity contribution in [3.05, 3.63) is 70.2 Å². The smallest absolute Gasteiger partial charge is 0.434 e. The number of nitrogens with one attached hydrogen (secondary N) is 2. The molecule has 1 amide bonds. The number of hydrogen-bond donors (Lipinski definition) is 3. The number of nitrogens with zero attached hydrogens (tertiary/aromatic N) is 1. The van der Waals surface area contributed by atoms with Crippen molar-refractivity contribution in [2.45, 2.75) is 50.4 Å². The molecular weight excluding hydrogens is 465 g/mol. The van der Waals surface area contributed by atoms with Gasteiger partial charge >= 0.3 is 18.0 Å². The number of carbonyl (C=O) groups excluding carboxylic acids is 1. The first-order valence-corrected chi connectivity index (χ1v) is 11.2. The lowest BCUT2D eigenvalue weighted by molar-refractivity contribution is -0.137. The molecule has 35 heavy (non-hydrogen) atoms. The van der Waals surface area contributed by atoms with Crippen molar-refractivity contribution in [1.29, 1.82) is 0 Å². The first-order chi connectivity index (χ1) is 16.7. The van der Waals surface area contributed by atoms with Crippen LogP contribution in [0.4, 0.5) is 23.7 Å². The van der Waals surface area contributed by atoms with E-state index in [-0.39, 0.29) is 29.1 Å². The van der Waals surface area contributed by atoms with Gasteiger partial charge in [-0.25, -0.2) is 14.7 Å². The molecule has 1 aliphatic rings. The van der Waals surface area contributed by atoms with Crippen molar-refractivity contribution in [2.75, 3.05) is 5.32 Å². The van der Waals surface area contributed by atoms with Crippen LogP contribution in [0.25, 0.3) is 11.5 Å². The van der Waals surface area contributed by atoms with Gasteiger partial charge in [-0.1, -0.05) is 30.3 Å². The Hall–Kier alpha value is -3.76. The SMILES string of the molecule is NC(=O)OC(Cc1ccccc1)C1CCC(Nc2cc(-c3n[nH]c(=O)o3)ccc2C(F)(F)F)CC1. The Morgan fingerprint density at radius 1 is 1.17 bits per heavy atom. The summed E-state index contributed by atoms with van der Waals surface area (Å²) in [6.45, 7) is 0. The lowest BCUT2D eigenvalue weighted by atomic mass is 9.80. The summed E-state index contributed by atoms with van der Waals surface area (Å²) in [5, 5.41) is 8.80. The van der Waals surface area contributed by atoms with E-state index in [1.165, 1.54) is 12.1 Å². The van der Waals surface area contributed by atoms with E-state index < -0.39 is 29.7 Å². The maximum Gasteiger partial charge on any atom is 0.434 e. The first kappa shape index (κ1) is 24.4. The predicted molar refractivity (Wildman–Crippen MR) is 122 cm³/mol. The minimum atomic E-state index is -4.57. The highest BCUT2D eigenvalue weighted by Crippen LogP contribution is 2.39. The van der Waals surface area contributed by atoms with Gasteiger partial charge < -0.3 is 20.2 Å². The fraction of sp³-hybridized carbons (Fsp3) is 0.375. The van der Waals surface area contributed by atoms with Crippen LogP contribution in [0.2, 0.25) is 0 Å². The van der Waals surface area contributed by atoms with E-state index in [4.69, 9.17) is 14.9 Å². The number of anilines is 1. The third-order valence-corrected chi connectivity index (χ3v) is 6.21. The summed E-state index contributed by atoms with van der Waals surface area (Å²) < 4.78 is 51.2. The molecule has 1 aliphatic carbocycles. The predicted octanol–water partition coefficient (Wildman–Crippen LogP) is 4.73. The van der Waals surface area contributed by atoms with Gasteiger partial charge in [-0.05, 0) is 55.4 Å². The Balaban J connectivity index is 1.47. The highest BCUT2D eigenvalue weighted by Gasteiger charge is 2.35. The van der Waals surface area contributed by atoms with E-state index in [2.05, 4.69) is 15.5 Å². The molecule has 11 heteroatoms. The lowest BCUT2D eigenvalue weighted by Crippen LogP contribution is -2.36. The van der Waals surface area contributed by atoms with E-state index in [1.54, 1.807) is 0 Å². The quantitative estimate of drug-likeness (QED) is 0.440. The monoisotopic (exact) mass is 490 g/mol. The van der Waals surface area contributed by atoms with Gasteiger partial charge in [-0.3, -0.25) is 0 Å². The molecule has 0 bridgehead atoms. The number of H-pyrrole nitrogens is 1. The van der Waals surface area contributed by atoms with E-state index in [0.717, 1.165) is 11.6 Å². The second-order valence-corrected chi connectivity index (χ2v) is 8.60. The summed E-state index contributed by atoms with van der Waals surface area (Å²) in [5.41, 5.74) is 5.61. The zero-order valence-corrected chi connectivity index (χ0v) is 18.7. The number of primary amides is 1. The van der Waals surface area contributed by atoms with Crippen LogP contribution in [0.3, 0.4) is 0 Å². The van der Waals surface area contributed by atoms with Gasteiger partial charge in [-0.15, -0.1) is 5.10 Å². The number of amides is 1. The number of hydrogen-bond acceptors (Lipinski definition) is 6. The van der Waals surface area contributed by atoms with Crippen LogP contribution in [0.5, 0.6) is 0 Å². The minimum absolute atomic E-state index is 0.0347. The topological polar surface area (TPSA) is 123 Å². The van der Waals surface area contributed by atoms with Gasteiger partial charge in [0.15, 0.2) is 0 Å². The Labute approximate surface area is 198 Å². The van der Waals surface area contributed by atoms with Gasteiger partial charge in [0.2, 0.25) is 5.89 Å². The molecule has 4 N–H and O–H groups in total. The highest BCUT2D eigenvalue weighted by molar-refractivity contribution is 5.66. The number of rotatable bonds is 7. The number of aromatic amines is 1. The summed E-state index contributed by atoms with van der Waals surface area (Å²) in [6, 6.07) is 12.8. The molecule has 8 nitrogen and oxygen atoms in total. The molecular formula is C24H25F3N4O4. The largest absolute Gasteiger partial charge is 0.446 e. The molecule has 2 aromatic carbocycles. The average molecular weight is 490 g/mol. The Morgan fingerprint density at radius 2 is 1.89 bits per heavy atom. The fourth-order valence-corrected chi connectivity index (χ4v) is 4.55. The van der Waals surface area contributed by atoms with Crippen molar-refractivity contribution in [2.24, 2.45) is 11.7 Å². The molecule has 4 rings (SSSR count).